The molecule has 3 unspecified atom stereocenters. The van der Waals surface area contributed by atoms with E-state index in [0.29, 0.717) is 22.8 Å². The summed E-state index contributed by atoms with van der Waals surface area (Å²) in [6, 6.07) is 53.6. The molecule has 12 aromatic heterocycles. The lowest BCUT2D eigenvalue weighted by Crippen LogP contribution is -2.11. The summed E-state index contributed by atoms with van der Waals surface area (Å²) in [6.45, 7) is 29.2. The number of imidazole rings is 6. The van der Waals surface area contributed by atoms with Crippen LogP contribution in [0.2, 0.25) is 0 Å². The van der Waals surface area contributed by atoms with Crippen molar-refractivity contribution in [3.05, 3.63) is 364 Å². The van der Waals surface area contributed by atoms with Crippen LogP contribution in [0.3, 0.4) is 0 Å². The normalized spacial score (nSPS) is 12.4. The first-order valence-corrected chi connectivity index (χ1v) is 41.4. The number of aromatic nitrogens is 18. The van der Waals surface area contributed by atoms with Crippen molar-refractivity contribution in [1.29, 1.82) is 5.26 Å². The lowest BCUT2D eigenvalue weighted by atomic mass is 9.82. The van der Waals surface area contributed by atoms with E-state index in [-0.39, 0.29) is 36.1 Å². The number of unbranched alkanes of at least 4 members (excludes halogenated alkanes) is 1. The second-order valence-electron chi connectivity index (χ2n) is 30.9. The molecule has 7 N–H and O–H groups in total. The average molecular weight is 1610 g/mol. The van der Waals surface area contributed by atoms with Gasteiger partial charge in [0, 0.05) is 151 Å². The van der Waals surface area contributed by atoms with Crippen LogP contribution in [0.15, 0.2) is 240 Å². The quantitative estimate of drug-likeness (QED) is 0.0373. The minimum atomic E-state index is -0.280. The monoisotopic (exact) mass is 1610 g/mol. The smallest absolute Gasteiger partial charge is 0.149 e. The van der Waals surface area contributed by atoms with Crippen molar-refractivity contribution >= 4 is 71.4 Å². The number of nitriles is 1. The fourth-order valence-electron chi connectivity index (χ4n) is 16.1. The third-order valence-electron chi connectivity index (χ3n) is 22.7. The molecule has 0 aliphatic rings. The van der Waals surface area contributed by atoms with Gasteiger partial charge >= 0.3 is 0 Å². The second-order valence-corrected chi connectivity index (χ2v) is 30.9. The third-order valence-corrected chi connectivity index (χ3v) is 22.7. The second kappa shape index (κ2) is 40.1. The highest BCUT2D eigenvalue weighted by atomic mass is 19.1. The molecule has 0 saturated heterocycles. The van der Waals surface area contributed by atoms with Gasteiger partial charge in [-0.2, -0.15) is 5.26 Å². The molecule has 0 fully saturated rings. The predicted molar refractivity (Wildman–Crippen MR) is 484 cm³/mol. The highest BCUT2D eigenvalue weighted by Gasteiger charge is 2.27. The van der Waals surface area contributed by atoms with Crippen molar-refractivity contribution in [3.63, 3.8) is 0 Å². The molecular formula is C100H104FN19O. The van der Waals surface area contributed by atoms with Gasteiger partial charge in [0.15, 0.2) is 0 Å². The van der Waals surface area contributed by atoms with Gasteiger partial charge in [0.1, 0.15) is 11.9 Å². The summed E-state index contributed by atoms with van der Waals surface area (Å²) >= 11 is 0. The summed E-state index contributed by atoms with van der Waals surface area (Å²) in [4.78, 5) is 71.7. The number of rotatable bonds is 20. The zero-order chi connectivity index (χ0) is 85.1. The van der Waals surface area contributed by atoms with Crippen LogP contribution in [-0.2, 0) is 13.0 Å². The molecule has 0 aliphatic heterocycles. The van der Waals surface area contributed by atoms with E-state index in [1.165, 1.54) is 44.8 Å². The van der Waals surface area contributed by atoms with E-state index in [0.717, 1.165) is 173 Å². The van der Waals surface area contributed by atoms with Crippen LogP contribution in [0, 0.1) is 64.6 Å². The maximum atomic E-state index is 13.7. The van der Waals surface area contributed by atoms with Gasteiger partial charge in [-0.1, -0.05) is 152 Å². The number of halogens is 1. The Balaban J connectivity index is 0.000000126. The van der Waals surface area contributed by atoms with Gasteiger partial charge in [-0.05, 0) is 172 Å². The number of nitrogens with zero attached hydrogens (tertiary/aromatic N) is 13. The summed E-state index contributed by atoms with van der Waals surface area (Å²) in [5.74, 6) is 1.36. The number of hydrogen-bond donors (Lipinski definition) is 7. The van der Waals surface area contributed by atoms with Crippen molar-refractivity contribution in [1.82, 2.24) is 89.7 Å². The number of fused-ring (bicyclic) bond motifs is 6. The van der Waals surface area contributed by atoms with Crippen molar-refractivity contribution in [2.75, 3.05) is 0 Å². The Morgan fingerprint density at radius 1 is 0.446 bits per heavy atom. The number of benzene rings is 6. The number of pyridine rings is 6. The minimum Gasteiger partial charge on any atom is -0.392 e. The molecule has 21 heteroatoms. The maximum absolute atomic E-state index is 13.7. The van der Waals surface area contributed by atoms with E-state index < -0.39 is 0 Å². The Labute approximate surface area is 705 Å². The Morgan fingerprint density at radius 3 is 1.63 bits per heavy atom. The predicted octanol–water partition coefficient (Wildman–Crippen LogP) is 22.7. The Morgan fingerprint density at radius 2 is 1.02 bits per heavy atom. The number of nitrogens with one attached hydrogen (secondary N) is 6. The first kappa shape index (κ1) is 85.1. The topological polar surface area (TPSA) is 293 Å². The molecule has 5 atom stereocenters. The van der Waals surface area contributed by atoms with E-state index in [9.17, 15) is 14.8 Å². The molecule has 0 amide bonds. The standard InChI is InChI=1S/C19H20N4.C18H21N3O.C18H19N3.C16H16FN3.C15H15N3.C14H13N3/c1-3-4-6-16(19-13(2)22-12-23-19)15-7-5-8-18-17(15)9-14(10-20)11-21-18;1-11(2)16(17-12(3)20-10-21-17)14-7-6-13(9-22)18-15(14)5-4-8-19-18;1-4-13-8-15-9-14(6-7-17(15)19-10-13)16(5-2)18-12(3)20-11-21-18;1-3-13(16-10(2)19-9-20-16)11-4-5-14-12(6-11)7-18-8-15(14)17;1-10(15-11(2)17-9-18-15)13-6-5-12-4-3-7-16-14(12)8-13;1-10-14(17-9-16-10)8-11-4-2-6-13-12(11)5-3-7-15-13/h5,7-9,11-12,16H,3-4,6H2,1-2H3,(H,22,23);4-8,10-11,16,22H,9H2,1-3H3,(H,20,21);4,6-11,16H,1,5H2,2-3H3,(H,20,21);4-9,13H,3H2,1-2H3,(H,19,20);3-10H,1-2H3,(H,17,18);2-7,9H,8H2,1H3,(H,16,17)/t;;16-;;10-;/m..0.1./s1. The molecular weight excluding hydrogens is 1500 g/mol. The van der Waals surface area contributed by atoms with Gasteiger partial charge in [-0.3, -0.25) is 29.9 Å². The van der Waals surface area contributed by atoms with E-state index in [1.54, 1.807) is 56.6 Å². The number of aliphatic hydroxyl groups is 1. The number of aromatic amines is 6. The fourth-order valence-corrected chi connectivity index (χ4v) is 16.1. The van der Waals surface area contributed by atoms with Gasteiger partial charge in [0.2, 0.25) is 0 Å². The number of aliphatic hydroxyl groups excluding tert-OH is 1. The molecule has 612 valence electrons. The fraction of sp³-hybridized carbons (Fsp3) is 0.250. The van der Waals surface area contributed by atoms with Gasteiger partial charge in [-0.15, -0.1) is 0 Å². The van der Waals surface area contributed by atoms with Crippen molar-refractivity contribution in [2.45, 2.75) is 158 Å². The van der Waals surface area contributed by atoms with Crippen LogP contribution < -0.4 is 0 Å². The number of H-pyrrole nitrogens is 6. The van der Waals surface area contributed by atoms with E-state index in [4.69, 9.17) is 0 Å². The SMILES string of the molecule is C=Cc1cnc2ccc([C@H](CC)c3nc[nH]c3C)cc2c1.CCC(c1ccc2c(F)cncc2c1)c1nc[nH]c1C.CCCCC(c1nc[nH]c1C)c1cccc2ncc(C#N)cc12.Cc1[nH]cnc1C(c1ccc(CO)c2ncccc12)C(C)C.Cc1[nH]cnc1Cc1cccc2ncccc12.Cc1[nH]cnc1[C@H](C)c1ccc2cccnc2c1. The largest absolute Gasteiger partial charge is 0.392 e. The first-order chi connectivity index (χ1) is 58.9. The molecule has 18 aromatic rings. The summed E-state index contributed by atoms with van der Waals surface area (Å²) in [5.41, 5.74) is 28.0. The Kier molecular flexibility index (Phi) is 28.2. The van der Waals surface area contributed by atoms with Crippen LogP contribution in [0.5, 0.6) is 0 Å². The lowest BCUT2D eigenvalue weighted by Gasteiger charge is -2.22. The zero-order valence-corrected chi connectivity index (χ0v) is 70.8. The van der Waals surface area contributed by atoms with Crippen LogP contribution in [-0.4, -0.2) is 94.8 Å². The van der Waals surface area contributed by atoms with E-state index in [1.807, 2.05) is 111 Å². The van der Waals surface area contributed by atoms with Crippen molar-refractivity contribution < 1.29 is 9.50 Å². The van der Waals surface area contributed by atoms with Crippen molar-refractivity contribution in [3.8, 4) is 6.07 Å². The Hall–Kier alpha value is -13.8. The molecule has 20 nitrogen and oxygen atoms in total. The number of aryl methyl sites for hydroxylation is 6. The molecule has 121 heavy (non-hydrogen) atoms. The molecule has 0 saturated carbocycles. The summed E-state index contributed by atoms with van der Waals surface area (Å²) < 4.78 is 13.7. The molecule has 18 rings (SSSR count). The summed E-state index contributed by atoms with van der Waals surface area (Å²) in [7, 11) is 0. The summed E-state index contributed by atoms with van der Waals surface area (Å²) in [6.07, 6.45) is 30.3. The summed E-state index contributed by atoms with van der Waals surface area (Å²) in [5, 5.41) is 25.8. The highest BCUT2D eigenvalue weighted by Crippen LogP contribution is 2.40. The Bertz CT molecular complexity index is 6550. The molecule has 0 radical (unpaired) electrons. The van der Waals surface area contributed by atoms with Crippen LogP contribution in [0.4, 0.5) is 4.39 Å². The molecule has 0 bridgehead atoms. The van der Waals surface area contributed by atoms with Gasteiger partial charge < -0.3 is 35.0 Å². The van der Waals surface area contributed by atoms with E-state index in [2.05, 4.69) is 250 Å². The van der Waals surface area contributed by atoms with E-state index >= 15 is 0 Å². The van der Waals surface area contributed by atoms with Crippen molar-refractivity contribution in [2.24, 2.45) is 5.92 Å². The van der Waals surface area contributed by atoms with Gasteiger partial charge in [-0.25, -0.2) is 34.3 Å². The molecule has 0 spiro atoms. The number of hydrogen-bond acceptors (Lipinski definition) is 14. The molecule has 12 heterocycles. The van der Waals surface area contributed by atoms with Crippen LogP contribution in [0.1, 0.15) is 222 Å². The maximum Gasteiger partial charge on any atom is 0.149 e. The minimum absolute atomic E-state index is 0.00156. The first-order valence-electron chi connectivity index (χ1n) is 41.4. The highest BCUT2D eigenvalue weighted by molar-refractivity contribution is 5.88. The molecule has 0 aliphatic carbocycles. The van der Waals surface area contributed by atoms with Crippen LogP contribution in [0.25, 0.3) is 71.4 Å². The third kappa shape index (κ3) is 19.8. The van der Waals surface area contributed by atoms with Crippen LogP contribution >= 0.6 is 0 Å². The lowest BCUT2D eigenvalue weighted by molar-refractivity contribution is 0.283. The molecule has 6 aromatic carbocycles. The zero-order valence-electron chi connectivity index (χ0n) is 70.8. The van der Waals surface area contributed by atoms with Gasteiger partial charge in [0.05, 0.1) is 118 Å². The van der Waals surface area contributed by atoms with Gasteiger partial charge in [0.25, 0.3) is 0 Å². The average Bonchev–Trinajstić information content (AvgIpc) is 1.56.